The summed E-state index contributed by atoms with van der Waals surface area (Å²) in [6, 6.07) is 8.36. The molecule has 2 heterocycles. The highest BCUT2D eigenvalue weighted by atomic mass is 16.5. The van der Waals surface area contributed by atoms with E-state index in [4.69, 9.17) is 10.5 Å². The van der Waals surface area contributed by atoms with Crippen LogP contribution in [0.2, 0.25) is 0 Å². The molecular weight excluding hydrogens is 318 g/mol. The van der Waals surface area contributed by atoms with E-state index >= 15 is 0 Å². The molecule has 3 N–H and O–H groups in total. The first-order valence-electron chi connectivity index (χ1n) is 8.41. The van der Waals surface area contributed by atoms with Crippen LogP contribution in [0.3, 0.4) is 0 Å². The van der Waals surface area contributed by atoms with Gasteiger partial charge in [0.25, 0.3) is 5.91 Å². The molecule has 7 nitrogen and oxygen atoms in total. The summed E-state index contributed by atoms with van der Waals surface area (Å²) in [6.45, 7) is 2.82. The van der Waals surface area contributed by atoms with E-state index in [2.05, 4.69) is 32.3 Å². The number of nitrogens with two attached hydrogens (primary N) is 1. The summed E-state index contributed by atoms with van der Waals surface area (Å²) in [5.74, 6) is 0.813. The third-order valence-corrected chi connectivity index (χ3v) is 4.45. The molecule has 0 aliphatic carbocycles. The second kappa shape index (κ2) is 7.94. The smallest absolute Gasteiger partial charge is 0.268 e. The zero-order valence-corrected chi connectivity index (χ0v) is 14.3. The van der Waals surface area contributed by atoms with E-state index in [1.165, 1.54) is 24.6 Å². The molecule has 0 saturated carbocycles. The summed E-state index contributed by atoms with van der Waals surface area (Å²) < 4.78 is 5.25. The van der Waals surface area contributed by atoms with Crippen LogP contribution in [-0.2, 0) is 0 Å². The van der Waals surface area contributed by atoms with Gasteiger partial charge in [0.2, 0.25) is 0 Å². The van der Waals surface area contributed by atoms with Crippen molar-refractivity contribution in [3.63, 3.8) is 0 Å². The number of aromatic nitrogens is 2. The Labute approximate surface area is 147 Å². The van der Waals surface area contributed by atoms with Gasteiger partial charge < -0.3 is 15.8 Å². The Kier molecular flexibility index (Phi) is 5.45. The van der Waals surface area contributed by atoms with Gasteiger partial charge in [-0.15, -0.1) is 0 Å². The molecule has 2 aromatic rings. The van der Waals surface area contributed by atoms with Crippen molar-refractivity contribution in [2.24, 2.45) is 5.73 Å². The molecule has 0 radical (unpaired) electrons. The maximum atomic E-state index is 11.3. The van der Waals surface area contributed by atoms with Crippen molar-refractivity contribution in [2.45, 2.75) is 18.9 Å². The number of amides is 1. The number of hydrogen-bond acceptors (Lipinski definition) is 6. The van der Waals surface area contributed by atoms with Gasteiger partial charge in [0, 0.05) is 6.54 Å². The van der Waals surface area contributed by atoms with Gasteiger partial charge in [-0.2, -0.15) is 0 Å². The lowest BCUT2D eigenvalue weighted by molar-refractivity contribution is 0.0995. The van der Waals surface area contributed by atoms with Gasteiger partial charge in [-0.25, -0.2) is 4.98 Å². The number of nitrogens with zero attached hydrogens (tertiary/aromatic N) is 3. The lowest BCUT2D eigenvalue weighted by Crippen LogP contribution is -2.31. The first-order valence-corrected chi connectivity index (χ1v) is 8.41. The summed E-state index contributed by atoms with van der Waals surface area (Å²) >= 11 is 0. The number of nitrogens with one attached hydrogen (secondary N) is 1. The first-order chi connectivity index (χ1) is 12.2. The van der Waals surface area contributed by atoms with Gasteiger partial charge in [0.05, 0.1) is 25.5 Å². The van der Waals surface area contributed by atoms with Crippen molar-refractivity contribution in [1.82, 2.24) is 14.9 Å². The number of anilines is 1. The molecule has 7 heteroatoms. The van der Waals surface area contributed by atoms with Crippen molar-refractivity contribution in [3.05, 3.63) is 47.9 Å². The van der Waals surface area contributed by atoms with Gasteiger partial charge in [-0.05, 0) is 43.6 Å². The largest absolute Gasteiger partial charge is 0.497 e. The zero-order chi connectivity index (χ0) is 17.6. The Morgan fingerprint density at radius 1 is 1.28 bits per heavy atom. The van der Waals surface area contributed by atoms with Crippen molar-refractivity contribution in [1.29, 1.82) is 0 Å². The molecule has 0 bridgehead atoms. The molecule has 1 fully saturated rings. The molecule has 1 aliphatic heterocycles. The molecule has 1 saturated heterocycles. The molecule has 1 aromatic carbocycles. The summed E-state index contributed by atoms with van der Waals surface area (Å²) in [5.41, 5.74) is 6.64. The van der Waals surface area contributed by atoms with Crippen LogP contribution in [0.25, 0.3) is 0 Å². The average molecular weight is 341 g/mol. The molecule has 132 valence electrons. The monoisotopic (exact) mass is 341 g/mol. The van der Waals surface area contributed by atoms with Crippen LogP contribution in [0.1, 0.15) is 34.9 Å². The molecule has 1 aromatic heterocycles. The molecular formula is C18H23N5O2. The van der Waals surface area contributed by atoms with Crippen LogP contribution >= 0.6 is 0 Å². The SMILES string of the molecule is COc1ccc(C(CNc2cncc(C(N)=O)n2)N2CCCC2)cc1. The normalized spacial score (nSPS) is 15.7. The van der Waals surface area contributed by atoms with E-state index in [1.54, 1.807) is 13.3 Å². The minimum Gasteiger partial charge on any atom is -0.497 e. The Hall–Kier alpha value is -2.67. The summed E-state index contributed by atoms with van der Waals surface area (Å²) in [6.07, 6.45) is 5.39. The zero-order valence-electron chi connectivity index (χ0n) is 14.3. The number of primary amides is 1. The maximum Gasteiger partial charge on any atom is 0.268 e. The topological polar surface area (TPSA) is 93.4 Å². The third-order valence-electron chi connectivity index (χ3n) is 4.45. The van der Waals surface area contributed by atoms with Crippen LogP contribution in [0.5, 0.6) is 5.75 Å². The van der Waals surface area contributed by atoms with Gasteiger partial charge in [-0.1, -0.05) is 12.1 Å². The van der Waals surface area contributed by atoms with E-state index in [1.807, 2.05) is 12.1 Å². The van der Waals surface area contributed by atoms with Crippen LogP contribution in [0, 0.1) is 0 Å². The second-order valence-electron chi connectivity index (χ2n) is 6.07. The van der Waals surface area contributed by atoms with E-state index in [0.29, 0.717) is 12.4 Å². The fourth-order valence-corrected chi connectivity index (χ4v) is 3.11. The number of ether oxygens (including phenoxy) is 1. The fraction of sp³-hybridized carbons (Fsp3) is 0.389. The number of benzene rings is 1. The van der Waals surface area contributed by atoms with Crippen LogP contribution in [0.15, 0.2) is 36.7 Å². The van der Waals surface area contributed by atoms with Gasteiger partial charge in [0.15, 0.2) is 0 Å². The second-order valence-corrected chi connectivity index (χ2v) is 6.07. The highest BCUT2D eigenvalue weighted by molar-refractivity contribution is 5.90. The third kappa shape index (κ3) is 4.24. The minimum absolute atomic E-state index is 0.159. The van der Waals surface area contributed by atoms with Crippen molar-refractivity contribution < 1.29 is 9.53 Å². The molecule has 25 heavy (non-hydrogen) atoms. The lowest BCUT2D eigenvalue weighted by Gasteiger charge is -2.28. The Morgan fingerprint density at radius 2 is 2.00 bits per heavy atom. The van der Waals surface area contributed by atoms with Crippen LogP contribution in [-0.4, -0.2) is 47.5 Å². The highest BCUT2D eigenvalue weighted by Crippen LogP contribution is 2.27. The number of likely N-dealkylation sites (tertiary alicyclic amines) is 1. The maximum absolute atomic E-state index is 11.3. The van der Waals surface area contributed by atoms with E-state index in [0.717, 1.165) is 18.8 Å². The molecule has 1 aliphatic rings. The standard InChI is InChI=1S/C18H23N5O2/c1-25-14-6-4-13(5-7-14)16(23-8-2-3-9-23)11-21-17-12-20-10-15(22-17)18(19)24/h4-7,10,12,16H,2-3,8-9,11H2,1H3,(H2,19,24)(H,21,22). The predicted octanol–water partition coefficient (Wildman–Crippen LogP) is 1.83. The van der Waals surface area contributed by atoms with Crippen molar-refractivity contribution >= 4 is 11.7 Å². The summed E-state index contributed by atoms with van der Waals surface area (Å²) in [5, 5.41) is 3.29. The molecule has 0 spiro atoms. The van der Waals surface area contributed by atoms with Gasteiger partial charge in [-0.3, -0.25) is 14.7 Å². The number of hydrogen-bond donors (Lipinski definition) is 2. The minimum atomic E-state index is -0.581. The number of carbonyl (C=O) groups is 1. The van der Waals surface area contributed by atoms with Gasteiger partial charge >= 0.3 is 0 Å². The molecule has 1 atom stereocenters. The first kappa shape index (κ1) is 17.2. The Bertz CT molecular complexity index is 714. The molecule has 1 amide bonds. The predicted molar refractivity (Wildman–Crippen MR) is 95.6 cm³/mol. The quantitative estimate of drug-likeness (QED) is 0.798. The lowest BCUT2D eigenvalue weighted by atomic mass is 10.1. The fourth-order valence-electron chi connectivity index (χ4n) is 3.11. The van der Waals surface area contributed by atoms with E-state index < -0.39 is 5.91 Å². The number of methoxy groups -OCH3 is 1. The summed E-state index contributed by atoms with van der Waals surface area (Å²) in [7, 11) is 1.67. The number of rotatable bonds is 7. The van der Waals surface area contributed by atoms with Gasteiger partial charge in [0.1, 0.15) is 17.3 Å². The Morgan fingerprint density at radius 3 is 2.64 bits per heavy atom. The number of carbonyl (C=O) groups excluding carboxylic acids is 1. The van der Waals surface area contributed by atoms with Crippen molar-refractivity contribution in [3.8, 4) is 5.75 Å². The van der Waals surface area contributed by atoms with Crippen LogP contribution in [0.4, 0.5) is 5.82 Å². The Balaban J connectivity index is 1.75. The van der Waals surface area contributed by atoms with Crippen LogP contribution < -0.4 is 15.8 Å². The van der Waals surface area contributed by atoms with E-state index in [-0.39, 0.29) is 11.7 Å². The average Bonchev–Trinajstić information content (AvgIpc) is 3.17. The van der Waals surface area contributed by atoms with E-state index in [9.17, 15) is 4.79 Å². The molecule has 1 unspecified atom stereocenters. The van der Waals surface area contributed by atoms with Crippen molar-refractivity contribution in [2.75, 3.05) is 32.1 Å². The summed E-state index contributed by atoms with van der Waals surface area (Å²) in [4.78, 5) is 21.9. The molecule has 3 rings (SSSR count). The highest BCUT2D eigenvalue weighted by Gasteiger charge is 2.23.